The lowest BCUT2D eigenvalue weighted by molar-refractivity contribution is -0.0768. The van der Waals surface area contributed by atoms with Crippen LogP contribution in [0.4, 0.5) is 0 Å². The number of unbranched alkanes of at least 4 members (excludes halogenated alkanes) is 4. The second-order valence-corrected chi connectivity index (χ2v) is 7.20. The summed E-state index contributed by atoms with van der Waals surface area (Å²) in [4.78, 5) is 17.2. The number of phosphoric ester groups is 1. The van der Waals surface area contributed by atoms with Crippen molar-refractivity contribution in [2.75, 3.05) is 39.6 Å². The Hall–Kier alpha value is -0.0500. The minimum Gasteiger partial charge on any atom is -0.388 e. The molecule has 0 unspecified atom stereocenters. The summed E-state index contributed by atoms with van der Waals surface area (Å²) < 4.78 is 31.5. The van der Waals surface area contributed by atoms with Gasteiger partial charge in [0.2, 0.25) is 0 Å². The summed E-state index contributed by atoms with van der Waals surface area (Å²) in [5.74, 6) is 0. The average Bonchev–Trinajstić information content (AvgIpc) is 2.55. The van der Waals surface area contributed by atoms with Crippen LogP contribution in [0, 0.1) is 0 Å². The van der Waals surface area contributed by atoms with Gasteiger partial charge in [-0.05, 0) is 12.8 Å². The van der Waals surface area contributed by atoms with E-state index in [4.69, 9.17) is 24.0 Å². The zero-order valence-corrected chi connectivity index (χ0v) is 16.4. The molecule has 8 nitrogen and oxygen atoms in total. The molecule has 3 N–H and O–H groups in total. The predicted octanol–water partition coefficient (Wildman–Crippen LogP) is 2.26. The molecular weight excluding hydrogens is 351 g/mol. The molecule has 0 aromatic carbocycles. The van der Waals surface area contributed by atoms with Crippen molar-refractivity contribution in [3.8, 4) is 0 Å². The Labute approximate surface area is 151 Å². The van der Waals surface area contributed by atoms with E-state index >= 15 is 0 Å². The zero-order chi connectivity index (χ0) is 19.0. The quantitative estimate of drug-likeness (QED) is 0.243. The Morgan fingerprint density at radius 1 is 0.840 bits per heavy atom. The molecule has 0 heterocycles. The van der Waals surface area contributed by atoms with Crippen molar-refractivity contribution in [2.24, 2.45) is 0 Å². The SMILES string of the molecule is CCCCCOC[C@H](COC[C@@H](O)COP(=O)(O)O)OCCCCC. The molecule has 0 saturated heterocycles. The molecule has 0 rings (SSSR count). The Morgan fingerprint density at radius 2 is 1.44 bits per heavy atom. The first kappa shape index (κ1) is 24.9. The monoisotopic (exact) mass is 386 g/mol. The maximum Gasteiger partial charge on any atom is 0.469 e. The van der Waals surface area contributed by atoms with E-state index in [-0.39, 0.29) is 19.3 Å². The minimum absolute atomic E-state index is 0.0926. The fourth-order valence-corrected chi connectivity index (χ4v) is 2.35. The van der Waals surface area contributed by atoms with Crippen molar-refractivity contribution in [1.82, 2.24) is 0 Å². The lowest BCUT2D eigenvalue weighted by Crippen LogP contribution is -2.29. The summed E-state index contributed by atoms with van der Waals surface area (Å²) in [6.07, 6.45) is 5.13. The zero-order valence-electron chi connectivity index (χ0n) is 15.5. The van der Waals surface area contributed by atoms with Crippen molar-refractivity contribution in [3.63, 3.8) is 0 Å². The highest BCUT2D eigenvalue weighted by atomic mass is 31.2. The summed E-state index contributed by atoms with van der Waals surface area (Å²) in [6, 6.07) is 0. The van der Waals surface area contributed by atoms with Crippen molar-refractivity contribution < 1.29 is 38.2 Å². The van der Waals surface area contributed by atoms with Crippen LogP contribution in [-0.2, 0) is 23.3 Å². The minimum atomic E-state index is -4.58. The predicted molar refractivity (Wildman–Crippen MR) is 94.4 cm³/mol. The first-order chi connectivity index (χ1) is 11.9. The maximum absolute atomic E-state index is 10.6. The number of aliphatic hydroxyl groups excluding tert-OH is 1. The number of hydrogen-bond donors (Lipinski definition) is 3. The molecule has 25 heavy (non-hydrogen) atoms. The van der Waals surface area contributed by atoms with E-state index in [0.717, 1.165) is 38.5 Å². The Morgan fingerprint density at radius 3 is 2.04 bits per heavy atom. The number of phosphoric acid groups is 1. The van der Waals surface area contributed by atoms with Crippen LogP contribution in [-0.4, -0.2) is 66.7 Å². The fourth-order valence-electron chi connectivity index (χ4n) is 1.98. The van der Waals surface area contributed by atoms with E-state index in [0.29, 0.717) is 19.8 Å². The summed E-state index contributed by atoms with van der Waals surface area (Å²) in [5.41, 5.74) is 0. The molecule has 0 fully saturated rings. The molecule has 9 heteroatoms. The first-order valence-corrected chi connectivity index (χ1v) is 10.6. The molecule has 0 saturated carbocycles. The third-order valence-electron chi connectivity index (χ3n) is 3.35. The van der Waals surface area contributed by atoms with Crippen LogP contribution in [0.3, 0.4) is 0 Å². The van der Waals surface area contributed by atoms with Crippen molar-refractivity contribution >= 4 is 7.82 Å². The van der Waals surface area contributed by atoms with E-state index in [2.05, 4.69) is 18.4 Å². The molecule has 2 atom stereocenters. The topological polar surface area (TPSA) is 115 Å². The van der Waals surface area contributed by atoms with Crippen LogP contribution in [0.5, 0.6) is 0 Å². The van der Waals surface area contributed by atoms with Crippen LogP contribution >= 0.6 is 7.82 Å². The molecular formula is C16H35O8P. The molecule has 0 aliphatic carbocycles. The number of aliphatic hydroxyl groups is 1. The lowest BCUT2D eigenvalue weighted by Gasteiger charge is -2.19. The smallest absolute Gasteiger partial charge is 0.388 e. The highest BCUT2D eigenvalue weighted by Gasteiger charge is 2.17. The van der Waals surface area contributed by atoms with Gasteiger partial charge in [0.25, 0.3) is 0 Å². The third kappa shape index (κ3) is 18.5. The number of hydrogen-bond acceptors (Lipinski definition) is 6. The molecule has 0 aromatic heterocycles. The van der Waals surface area contributed by atoms with Gasteiger partial charge in [0.05, 0.1) is 26.4 Å². The van der Waals surface area contributed by atoms with Crippen LogP contribution < -0.4 is 0 Å². The summed E-state index contributed by atoms with van der Waals surface area (Å²) >= 11 is 0. The van der Waals surface area contributed by atoms with Gasteiger partial charge in [-0.15, -0.1) is 0 Å². The van der Waals surface area contributed by atoms with E-state index in [1.54, 1.807) is 0 Å². The summed E-state index contributed by atoms with van der Waals surface area (Å²) in [5, 5.41) is 9.58. The second-order valence-electron chi connectivity index (χ2n) is 5.96. The molecule has 152 valence electrons. The second kappa shape index (κ2) is 16.1. The van der Waals surface area contributed by atoms with Gasteiger partial charge in [0.1, 0.15) is 12.2 Å². The molecule has 0 aliphatic heterocycles. The Kier molecular flexibility index (Phi) is 16.1. The van der Waals surface area contributed by atoms with Gasteiger partial charge in [-0.3, -0.25) is 4.52 Å². The first-order valence-electron chi connectivity index (χ1n) is 9.04. The number of rotatable bonds is 18. The van der Waals surface area contributed by atoms with Crippen LogP contribution in [0.15, 0.2) is 0 Å². The van der Waals surface area contributed by atoms with Crippen molar-refractivity contribution in [1.29, 1.82) is 0 Å². The van der Waals surface area contributed by atoms with E-state index in [1.807, 2.05) is 0 Å². The van der Waals surface area contributed by atoms with Gasteiger partial charge < -0.3 is 29.1 Å². The largest absolute Gasteiger partial charge is 0.469 e. The van der Waals surface area contributed by atoms with E-state index < -0.39 is 20.5 Å². The summed E-state index contributed by atoms with van der Waals surface area (Å²) in [6.45, 7) is 5.65. The van der Waals surface area contributed by atoms with Crippen molar-refractivity contribution in [3.05, 3.63) is 0 Å². The van der Waals surface area contributed by atoms with Gasteiger partial charge in [-0.1, -0.05) is 39.5 Å². The van der Waals surface area contributed by atoms with Crippen LogP contribution in [0.1, 0.15) is 52.4 Å². The van der Waals surface area contributed by atoms with Gasteiger partial charge in [0.15, 0.2) is 0 Å². The fraction of sp³-hybridized carbons (Fsp3) is 1.00. The third-order valence-corrected chi connectivity index (χ3v) is 3.83. The highest BCUT2D eigenvalue weighted by Crippen LogP contribution is 2.35. The van der Waals surface area contributed by atoms with Crippen LogP contribution in [0.2, 0.25) is 0 Å². The maximum atomic E-state index is 10.6. The molecule has 0 radical (unpaired) electrons. The van der Waals surface area contributed by atoms with E-state index in [1.165, 1.54) is 0 Å². The molecule has 0 aromatic rings. The van der Waals surface area contributed by atoms with Gasteiger partial charge >= 0.3 is 7.82 Å². The van der Waals surface area contributed by atoms with Crippen LogP contribution in [0.25, 0.3) is 0 Å². The summed E-state index contributed by atoms with van der Waals surface area (Å²) in [7, 11) is -4.58. The average molecular weight is 386 g/mol. The van der Waals surface area contributed by atoms with Gasteiger partial charge in [0, 0.05) is 13.2 Å². The van der Waals surface area contributed by atoms with Crippen molar-refractivity contribution in [2.45, 2.75) is 64.6 Å². The molecule has 0 spiro atoms. The van der Waals surface area contributed by atoms with E-state index in [9.17, 15) is 9.67 Å². The lowest BCUT2D eigenvalue weighted by atomic mass is 10.2. The Bertz CT molecular complexity index is 336. The number of ether oxygens (including phenoxy) is 3. The van der Waals surface area contributed by atoms with Gasteiger partial charge in [-0.25, -0.2) is 4.57 Å². The Balaban J connectivity index is 3.98. The molecule has 0 aliphatic rings. The standard InChI is InChI=1S/C16H35O8P/c1-3-5-7-9-21-13-16(23-10-8-6-4-2)14-22-11-15(17)12-24-25(18,19)20/h15-17H,3-14H2,1-2H3,(H2,18,19,20)/t15-,16-/m1/s1. The van der Waals surface area contributed by atoms with Gasteiger partial charge in [-0.2, -0.15) is 0 Å². The normalized spacial score (nSPS) is 14.6. The molecule has 0 bridgehead atoms. The highest BCUT2D eigenvalue weighted by molar-refractivity contribution is 7.46. The molecule has 0 amide bonds.